The van der Waals surface area contributed by atoms with E-state index in [1.54, 1.807) is 0 Å². The summed E-state index contributed by atoms with van der Waals surface area (Å²) in [5.74, 6) is 0. The van der Waals surface area contributed by atoms with Crippen LogP contribution in [-0.2, 0) is 23.1 Å². The average Bonchev–Trinajstić information content (AvgIpc) is 3.20. The highest BCUT2D eigenvalue weighted by molar-refractivity contribution is 7.90. The summed E-state index contributed by atoms with van der Waals surface area (Å²) in [6.07, 6.45) is 3.71. The summed E-state index contributed by atoms with van der Waals surface area (Å²) in [4.78, 5) is 40.1. The third-order valence-corrected chi connectivity index (χ3v) is 6.58. The molecule has 0 spiro atoms. The first-order chi connectivity index (χ1) is 14.7. The molecule has 0 atom stereocenters. The summed E-state index contributed by atoms with van der Waals surface area (Å²) in [5, 5.41) is 11.1. The number of nitro benzene ring substituents is 1. The molecule has 0 aliphatic rings. The van der Waals surface area contributed by atoms with Crippen molar-refractivity contribution in [2.45, 2.75) is 57.5 Å². The first-order valence-corrected chi connectivity index (χ1v) is 11.4. The van der Waals surface area contributed by atoms with Gasteiger partial charge in [0.2, 0.25) is 0 Å². The second kappa shape index (κ2) is 8.84. The Morgan fingerprint density at radius 3 is 2.32 bits per heavy atom. The molecule has 166 valence electrons. The summed E-state index contributed by atoms with van der Waals surface area (Å²) < 4.78 is 29.5. The fourth-order valence-corrected chi connectivity index (χ4v) is 4.57. The quantitative estimate of drug-likeness (QED) is 0.360. The van der Waals surface area contributed by atoms with Gasteiger partial charge in [0, 0.05) is 25.2 Å². The van der Waals surface area contributed by atoms with Crippen LogP contribution >= 0.6 is 0 Å². The van der Waals surface area contributed by atoms with E-state index in [0.717, 1.165) is 29.8 Å². The van der Waals surface area contributed by atoms with Gasteiger partial charge in [0.15, 0.2) is 11.2 Å². The van der Waals surface area contributed by atoms with E-state index in [-0.39, 0.29) is 29.1 Å². The number of benzene rings is 1. The van der Waals surface area contributed by atoms with E-state index < -0.39 is 31.9 Å². The van der Waals surface area contributed by atoms with Crippen LogP contribution in [-0.4, -0.2) is 31.4 Å². The normalized spacial score (nSPS) is 11.8. The van der Waals surface area contributed by atoms with E-state index in [0.29, 0.717) is 16.8 Å². The second-order valence-electron chi connectivity index (χ2n) is 7.07. The largest absolute Gasteiger partial charge is 0.332 e. The molecular weight excluding hydrogens is 426 g/mol. The van der Waals surface area contributed by atoms with Gasteiger partial charge in [-0.05, 0) is 18.9 Å². The van der Waals surface area contributed by atoms with Crippen molar-refractivity contribution in [3.05, 3.63) is 61.5 Å². The van der Waals surface area contributed by atoms with Crippen LogP contribution in [0, 0.1) is 10.1 Å². The maximum Gasteiger partial charge on any atom is 0.332 e. The van der Waals surface area contributed by atoms with Gasteiger partial charge in [0.25, 0.3) is 21.3 Å². The lowest BCUT2D eigenvalue weighted by atomic mass is 10.3. The molecule has 0 bridgehead atoms. The van der Waals surface area contributed by atoms with Gasteiger partial charge in [-0.2, -0.15) is 0 Å². The van der Waals surface area contributed by atoms with E-state index in [1.165, 1.54) is 22.8 Å². The third kappa shape index (κ3) is 4.02. The molecule has 31 heavy (non-hydrogen) atoms. The van der Waals surface area contributed by atoms with Crippen LogP contribution in [0.1, 0.15) is 39.5 Å². The van der Waals surface area contributed by atoms with Crippen LogP contribution in [0.15, 0.2) is 45.1 Å². The SMILES string of the molecule is CCCCn1c(=O)c2c(ncn2S(=O)(=O)c2cccc([N+](=O)[O-])c2)n(CCCC)c1=O. The third-order valence-electron chi connectivity index (χ3n) is 4.94. The summed E-state index contributed by atoms with van der Waals surface area (Å²) in [6.45, 7) is 4.29. The van der Waals surface area contributed by atoms with Crippen molar-refractivity contribution >= 4 is 26.9 Å². The summed E-state index contributed by atoms with van der Waals surface area (Å²) in [6, 6.07) is 4.55. The minimum atomic E-state index is -4.37. The number of nitro groups is 1. The van der Waals surface area contributed by atoms with E-state index in [2.05, 4.69) is 4.98 Å². The fraction of sp³-hybridized carbons (Fsp3) is 0.421. The van der Waals surface area contributed by atoms with E-state index in [1.807, 2.05) is 13.8 Å². The highest BCUT2D eigenvalue weighted by atomic mass is 32.2. The Balaban J connectivity index is 2.31. The predicted octanol–water partition coefficient (Wildman–Crippen LogP) is 2.11. The van der Waals surface area contributed by atoms with Gasteiger partial charge in [-0.15, -0.1) is 0 Å². The minimum absolute atomic E-state index is 0.0230. The van der Waals surface area contributed by atoms with Gasteiger partial charge in [0.1, 0.15) is 6.33 Å². The Hall–Kier alpha value is -3.28. The molecule has 12 heteroatoms. The van der Waals surface area contributed by atoms with Crippen molar-refractivity contribution in [3.63, 3.8) is 0 Å². The number of aryl methyl sites for hydroxylation is 1. The average molecular weight is 449 g/mol. The van der Waals surface area contributed by atoms with Gasteiger partial charge < -0.3 is 0 Å². The number of nitrogens with zero attached hydrogens (tertiary/aromatic N) is 5. The molecule has 0 unspecified atom stereocenters. The zero-order chi connectivity index (χ0) is 22.8. The number of unbranched alkanes of at least 4 members (excludes halogenated alkanes) is 2. The lowest BCUT2D eigenvalue weighted by Crippen LogP contribution is -2.41. The molecular formula is C19H23N5O6S. The number of non-ortho nitro benzene ring substituents is 1. The molecule has 2 heterocycles. The second-order valence-corrected chi connectivity index (χ2v) is 8.89. The number of rotatable bonds is 9. The van der Waals surface area contributed by atoms with E-state index in [9.17, 15) is 28.1 Å². The molecule has 11 nitrogen and oxygen atoms in total. The molecule has 0 saturated carbocycles. The molecule has 0 aliphatic heterocycles. The molecule has 3 aromatic rings. The molecule has 3 rings (SSSR count). The molecule has 0 saturated heterocycles. The van der Waals surface area contributed by atoms with E-state index in [4.69, 9.17) is 0 Å². The molecule has 2 aromatic heterocycles. The van der Waals surface area contributed by atoms with Gasteiger partial charge in [-0.25, -0.2) is 22.2 Å². The number of fused-ring (bicyclic) bond motifs is 1. The zero-order valence-corrected chi connectivity index (χ0v) is 18.0. The van der Waals surface area contributed by atoms with Crippen molar-refractivity contribution in [1.29, 1.82) is 0 Å². The molecule has 1 aromatic carbocycles. The minimum Gasteiger partial charge on any atom is -0.276 e. The number of imidazole rings is 1. The first-order valence-electron chi connectivity index (χ1n) is 9.94. The Labute approximate surface area is 177 Å². The Morgan fingerprint density at radius 2 is 1.71 bits per heavy atom. The standard InChI is InChI=1S/C19H23N5O6S/c1-3-5-10-21-17-16(18(25)22(19(21)26)11-6-4-2)23(13-20-17)31(29,30)15-9-7-8-14(12-15)24(27)28/h7-9,12-13H,3-6,10-11H2,1-2H3. The highest BCUT2D eigenvalue weighted by Gasteiger charge is 2.26. The van der Waals surface area contributed by atoms with Crippen LogP contribution in [0.5, 0.6) is 0 Å². The summed E-state index contributed by atoms with van der Waals surface area (Å²) in [7, 11) is -4.37. The molecule has 0 radical (unpaired) electrons. The Kier molecular flexibility index (Phi) is 6.39. The molecule has 0 amide bonds. The predicted molar refractivity (Wildman–Crippen MR) is 114 cm³/mol. The number of hydrogen-bond donors (Lipinski definition) is 0. The zero-order valence-electron chi connectivity index (χ0n) is 17.2. The Morgan fingerprint density at radius 1 is 1.06 bits per heavy atom. The topological polar surface area (TPSA) is 139 Å². The van der Waals surface area contributed by atoms with Crippen LogP contribution in [0.25, 0.3) is 11.2 Å². The maximum absolute atomic E-state index is 13.2. The van der Waals surface area contributed by atoms with Crippen molar-refractivity contribution < 1.29 is 13.3 Å². The number of hydrogen-bond acceptors (Lipinski definition) is 7. The molecule has 0 N–H and O–H groups in total. The van der Waals surface area contributed by atoms with Crippen LogP contribution in [0.4, 0.5) is 5.69 Å². The van der Waals surface area contributed by atoms with Crippen LogP contribution in [0.2, 0.25) is 0 Å². The summed E-state index contributed by atoms with van der Waals surface area (Å²) in [5.41, 5.74) is -1.96. The molecule has 0 aliphatic carbocycles. The smallest absolute Gasteiger partial charge is 0.276 e. The lowest BCUT2D eigenvalue weighted by molar-refractivity contribution is -0.385. The van der Waals surface area contributed by atoms with Gasteiger partial charge in [-0.3, -0.25) is 24.0 Å². The van der Waals surface area contributed by atoms with E-state index >= 15 is 0 Å². The van der Waals surface area contributed by atoms with Crippen molar-refractivity contribution in [1.82, 2.24) is 18.1 Å². The highest BCUT2D eigenvalue weighted by Crippen LogP contribution is 2.22. The fourth-order valence-electron chi connectivity index (χ4n) is 3.25. The first kappa shape index (κ1) is 22.4. The lowest BCUT2D eigenvalue weighted by Gasteiger charge is -2.12. The van der Waals surface area contributed by atoms with Crippen molar-refractivity contribution in [2.24, 2.45) is 0 Å². The van der Waals surface area contributed by atoms with Crippen LogP contribution < -0.4 is 11.2 Å². The van der Waals surface area contributed by atoms with Gasteiger partial charge >= 0.3 is 5.69 Å². The maximum atomic E-state index is 13.2. The van der Waals surface area contributed by atoms with Crippen molar-refractivity contribution in [2.75, 3.05) is 0 Å². The van der Waals surface area contributed by atoms with Gasteiger partial charge in [-0.1, -0.05) is 32.8 Å². The monoisotopic (exact) mass is 449 g/mol. The van der Waals surface area contributed by atoms with Crippen LogP contribution in [0.3, 0.4) is 0 Å². The summed E-state index contributed by atoms with van der Waals surface area (Å²) >= 11 is 0. The number of aromatic nitrogens is 4. The Bertz CT molecular complexity index is 1350. The van der Waals surface area contributed by atoms with Gasteiger partial charge in [0.05, 0.1) is 9.82 Å². The van der Waals surface area contributed by atoms with Crippen molar-refractivity contribution in [3.8, 4) is 0 Å². The molecule has 0 fully saturated rings.